The fourth-order valence-corrected chi connectivity index (χ4v) is 1.50. The van der Waals surface area contributed by atoms with Crippen molar-refractivity contribution in [2.24, 2.45) is 0 Å². The van der Waals surface area contributed by atoms with Crippen LogP contribution in [0.4, 0.5) is 5.69 Å². The maximum Gasteiger partial charge on any atom is 0.136 e. The molecule has 1 aromatic heterocycles. The van der Waals surface area contributed by atoms with E-state index in [1.54, 1.807) is 25.6 Å². The van der Waals surface area contributed by atoms with Crippen LogP contribution in [0.25, 0.3) is 0 Å². The average Bonchev–Trinajstić information content (AvgIpc) is 2.89. The van der Waals surface area contributed by atoms with Crippen molar-refractivity contribution in [1.82, 2.24) is 10.2 Å². The quantitative estimate of drug-likeness (QED) is 0.838. The first kappa shape index (κ1) is 11.0. The highest BCUT2D eigenvalue weighted by Crippen LogP contribution is 2.19. The molecule has 5 heteroatoms. The van der Waals surface area contributed by atoms with Gasteiger partial charge < -0.3 is 10.1 Å². The van der Waals surface area contributed by atoms with Crippen molar-refractivity contribution in [1.29, 1.82) is 5.26 Å². The van der Waals surface area contributed by atoms with Gasteiger partial charge in [0.15, 0.2) is 0 Å². The number of aromatic nitrogens is 2. The third-order valence-electron chi connectivity index (χ3n) is 2.38. The largest absolute Gasteiger partial charge is 0.495 e. The number of nitrogens with zero attached hydrogens (tertiary/aromatic N) is 2. The summed E-state index contributed by atoms with van der Waals surface area (Å²) in [5.41, 5.74) is 2.47. The maximum atomic E-state index is 8.96. The molecule has 0 atom stereocenters. The van der Waals surface area contributed by atoms with Gasteiger partial charge in [-0.3, -0.25) is 5.10 Å². The summed E-state index contributed by atoms with van der Waals surface area (Å²) in [6.45, 7) is 0.637. The van der Waals surface area contributed by atoms with E-state index < -0.39 is 0 Å². The van der Waals surface area contributed by atoms with Gasteiger partial charge in [-0.1, -0.05) is 6.07 Å². The Kier molecular flexibility index (Phi) is 3.26. The molecule has 1 aromatic carbocycles. The monoisotopic (exact) mass is 228 g/mol. The summed E-state index contributed by atoms with van der Waals surface area (Å²) in [6, 6.07) is 7.64. The molecule has 0 fully saturated rings. The first-order valence-electron chi connectivity index (χ1n) is 5.13. The number of rotatable bonds is 4. The van der Waals surface area contributed by atoms with E-state index in [1.165, 1.54) is 0 Å². The van der Waals surface area contributed by atoms with Gasteiger partial charge in [0.2, 0.25) is 0 Å². The smallest absolute Gasteiger partial charge is 0.136 e. The lowest BCUT2D eigenvalue weighted by atomic mass is 10.1. The normalized spacial score (nSPS) is 9.65. The molecule has 2 N–H and O–H groups in total. The summed E-state index contributed by atoms with van der Waals surface area (Å²) in [7, 11) is 1.56. The lowest BCUT2D eigenvalue weighted by Gasteiger charge is -2.06. The van der Waals surface area contributed by atoms with E-state index in [2.05, 4.69) is 21.6 Å². The summed E-state index contributed by atoms with van der Waals surface area (Å²) >= 11 is 0. The molecule has 0 amide bonds. The lowest BCUT2D eigenvalue weighted by Crippen LogP contribution is -1.99. The van der Waals surface area contributed by atoms with Crippen LogP contribution in [0, 0.1) is 11.3 Å². The molecule has 0 spiro atoms. The van der Waals surface area contributed by atoms with Gasteiger partial charge in [-0.25, -0.2) is 0 Å². The van der Waals surface area contributed by atoms with Crippen molar-refractivity contribution < 1.29 is 4.74 Å². The number of aromatic amines is 1. The molecule has 17 heavy (non-hydrogen) atoms. The second kappa shape index (κ2) is 5.03. The van der Waals surface area contributed by atoms with Gasteiger partial charge in [0.05, 0.1) is 24.6 Å². The van der Waals surface area contributed by atoms with Gasteiger partial charge in [-0.15, -0.1) is 0 Å². The molecule has 0 unspecified atom stereocenters. The van der Waals surface area contributed by atoms with Crippen molar-refractivity contribution in [3.05, 3.63) is 41.7 Å². The number of nitriles is 1. The lowest BCUT2D eigenvalue weighted by molar-refractivity contribution is 0.413. The summed E-state index contributed by atoms with van der Waals surface area (Å²) in [4.78, 5) is 0. The van der Waals surface area contributed by atoms with Crippen LogP contribution in [-0.4, -0.2) is 17.3 Å². The average molecular weight is 228 g/mol. The first-order valence-corrected chi connectivity index (χ1v) is 5.13. The Bertz CT molecular complexity index is 528. The molecule has 0 saturated carbocycles. The standard InChI is InChI=1S/C12H12N4O/c1-17-12-3-2-9(4-10(12)5-13)6-14-11-7-15-16-8-11/h2-4,7-8,14H,6H2,1H3,(H,15,16). The van der Waals surface area contributed by atoms with Crippen LogP contribution in [0.5, 0.6) is 5.75 Å². The Hall–Kier alpha value is -2.48. The maximum absolute atomic E-state index is 8.96. The molecule has 0 aliphatic rings. The van der Waals surface area contributed by atoms with Crippen molar-refractivity contribution in [3.63, 3.8) is 0 Å². The van der Waals surface area contributed by atoms with Crippen LogP contribution in [-0.2, 0) is 6.54 Å². The second-order valence-electron chi connectivity index (χ2n) is 3.49. The Labute approximate surface area is 99.0 Å². The molecule has 2 aromatic rings. The summed E-state index contributed by atoms with van der Waals surface area (Å²) in [5, 5.41) is 18.7. The van der Waals surface area contributed by atoms with E-state index >= 15 is 0 Å². The number of ether oxygens (including phenoxy) is 1. The van der Waals surface area contributed by atoms with Gasteiger partial charge in [0.25, 0.3) is 0 Å². The van der Waals surface area contributed by atoms with Gasteiger partial charge in [0.1, 0.15) is 11.8 Å². The van der Waals surface area contributed by atoms with Crippen LogP contribution >= 0.6 is 0 Å². The molecular weight excluding hydrogens is 216 g/mol. The molecule has 2 rings (SSSR count). The third-order valence-corrected chi connectivity index (χ3v) is 2.38. The van der Waals surface area contributed by atoms with E-state index in [4.69, 9.17) is 10.00 Å². The van der Waals surface area contributed by atoms with Crippen LogP contribution in [0.2, 0.25) is 0 Å². The Morgan fingerprint density at radius 2 is 2.41 bits per heavy atom. The fraction of sp³-hybridized carbons (Fsp3) is 0.167. The minimum absolute atomic E-state index is 0.541. The van der Waals surface area contributed by atoms with Crippen LogP contribution in [0.1, 0.15) is 11.1 Å². The number of anilines is 1. The molecule has 5 nitrogen and oxygen atoms in total. The minimum Gasteiger partial charge on any atom is -0.495 e. The zero-order valence-corrected chi connectivity index (χ0v) is 9.40. The van der Waals surface area contributed by atoms with Gasteiger partial charge >= 0.3 is 0 Å². The topological polar surface area (TPSA) is 73.7 Å². The molecule has 1 heterocycles. The van der Waals surface area contributed by atoms with E-state index in [0.29, 0.717) is 17.9 Å². The van der Waals surface area contributed by atoms with Crippen molar-refractivity contribution >= 4 is 5.69 Å². The van der Waals surface area contributed by atoms with E-state index in [9.17, 15) is 0 Å². The zero-order chi connectivity index (χ0) is 12.1. The Morgan fingerprint density at radius 3 is 3.06 bits per heavy atom. The zero-order valence-electron chi connectivity index (χ0n) is 9.40. The van der Waals surface area contributed by atoms with E-state index in [0.717, 1.165) is 11.3 Å². The predicted molar refractivity (Wildman–Crippen MR) is 63.6 cm³/mol. The highest BCUT2D eigenvalue weighted by Gasteiger charge is 2.03. The minimum atomic E-state index is 0.541. The summed E-state index contributed by atoms with van der Waals surface area (Å²) in [5.74, 6) is 0.597. The third kappa shape index (κ3) is 2.55. The van der Waals surface area contributed by atoms with Crippen molar-refractivity contribution in [2.45, 2.75) is 6.54 Å². The molecule has 0 aliphatic carbocycles. The highest BCUT2D eigenvalue weighted by molar-refractivity contribution is 5.46. The van der Waals surface area contributed by atoms with Gasteiger partial charge in [0, 0.05) is 12.7 Å². The molecule has 0 radical (unpaired) electrons. The number of methoxy groups -OCH3 is 1. The Balaban J connectivity index is 2.09. The molecule has 0 saturated heterocycles. The van der Waals surface area contributed by atoms with Gasteiger partial charge in [-0.2, -0.15) is 10.4 Å². The van der Waals surface area contributed by atoms with Crippen molar-refractivity contribution in [2.75, 3.05) is 12.4 Å². The van der Waals surface area contributed by atoms with E-state index in [-0.39, 0.29) is 0 Å². The SMILES string of the molecule is COc1ccc(CNc2cn[nH]c2)cc1C#N. The number of benzene rings is 1. The number of hydrogen-bond acceptors (Lipinski definition) is 4. The highest BCUT2D eigenvalue weighted by atomic mass is 16.5. The number of nitrogens with one attached hydrogen (secondary N) is 2. The molecule has 0 bridgehead atoms. The first-order chi connectivity index (χ1) is 8.33. The number of hydrogen-bond donors (Lipinski definition) is 2. The summed E-state index contributed by atoms with van der Waals surface area (Å²) in [6.07, 6.45) is 3.48. The van der Waals surface area contributed by atoms with Crippen LogP contribution < -0.4 is 10.1 Å². The van der Waals surface area contributed by atoms with Crippen molar-refractivity contribution in [3.8, 4) is 11.8 Å². The summed E-state index contributed by atoms with van der Waals surface area (Å²) < 4.78 is 5.08. The molecule has 0 aliphatic heterocycles. The molecule has 86 valence electrons. The van der Waals surface area contributed by atoms with Crippen LogP contribution in [0.15, 0.2) is 30.6 Å². The second-order valence-corrected chi connectivity index (χ2v) is 3.49. The Morgan fingerprint density at radius 1 is 1.53 bits per heavy atom. The number of H-pyrrole nitrogens is 1. The fourth-order valence-electron chi connectivity index (χ4n) is 1.50. The predicted octanol–water partition coefficient (Wildman–Crippen LogP) is 1.90. The molecular formula is C12H12N4O. The van der Waals surface area contributed by atoms with Gasteiger partial charge in [-0.05, 0) is 17.7 Å². The van der Waals surface area contributed by atoms with E-state index in [1.807, 2.05) is 12.1 Å². The van der Waals surface area contributed by atoms with Crippen LogP contribution in [0.3, 0.4) is 0 Å².